The van der Waals surface area contributed by atoms with Crippen LogP contribution in [-0.2, 0) is 5.54 Å². The third-order valence-corrected chi connectivity index (χ3v) is 4.71. The van der Waals surface area contributed by atoms with Gasteiger partial charge in [0, 0.05) is 16.1 Å². The average molecular weight is 344 g/mol. The van der Waals surface area contributed by atoms with Crippen molar-refractivity contribution in [1.29, 1.82) is 0 Å². The van der Waals surface area contributed by atoms with Gasteiger partial charge >= 0.3 is 0 Å². The molecule has 2 rings (SSSR count). The first kappa shape index (κ1) is 15.9. The van der Waals surface area contributed by atoms with E-state index >= 15 is 0 Å². The quantitative estimate of drug-likeness (QED) is 0.806. The van der Waals surface area contributed by atoms with Crippen LogP contribution in [0.15, 0.2) is 22.7 Å². The Kier molecular flexibility index (Phi) is 5.58. The number of hydrogen-bond donors (Lipinski definition) is 2. The van der Waals surface area contributed by atoms with E-state index in [-0.39, 0.29) is 12.4 Å². The van der Waals surface area contributed by atoms with E-state index in [1.165, 1.54) is 31.7 Å². The molecule has 0 amide bonds. The second-order valence-electron chi connectivity index (χ2n) is 5.95. The number of aliphatic hydroxyl groups excluding tert-OH is 1. The Hall–Kier alpha value is -0.450. The first-order valence-corrected chi connectivity index (χ1v) is 8.18. The zero-order chi connectivity index (χ0) is 14.6. The van der Waals surface area contributed by atoms with Crippen LogP contribution in [-0.4, -0.2) is 17.8 Å². The Morgan fingerprint density at radius 2 is 1.95 bits per heavy atom. The number of nitrogens with one attached hydrogen (secondary N) is 1. The van der Waals surface area contributed by atoms with Crippen molar-refractivity contribution in [3.8, 4) is 0 Å². The van der Waals surface area contributed by atoms with Gasteiger partial charge in [0.2, 0.25) is 0 Å². The van der Waals surface area contributed by atoms with Gasteiger partial charge in [-0.2, -0.15) is 0 Å². The molecule has 0 saturated heterocycles. The molecule has 2 N–H and O–H groups in total. The first-order valence-electron chi connectivity index (χ1n) is 7.39. The first-order chi connectivity index (χ1) is 9.55. The third kappa shape index (κ3) is 3.80. The van der Waals surface area contributed by atoms with Gasteiger partial charge in [-0.1, -0.05) is 41.6 Å². The predicted octanol–water partition coefficient (Wildman–Crippen LogP) is 4.11. The van der Waals surface area contributed by atoms with Crippen molar-refractivity contribution in [3.63, 3.8) is 0 Å². The molecule has 0 bridgehead atoms. The number of aliphatic hydroxyl groups is 1. The Morgan fingerprint density at radius 3 is 2.55 bits per heavy atom. The second kappa shape index (κ2) is 7.01. The maximum absolute atomic E-state index is 14.1. The van der Waals surface area contributed by atoms with Crippen LogP contribution in [0.3, 0.4) is 0 Å². The number of benzene rings is 1. The van der Waals surface area contributed by atoms with E-state index in [2.05, 4.69) is 21.2 Å². The fourth-order valence-electron chi connectivity index (χ4n) is 3.00. The number of halogens is 2. The molecule has 1 aliphatic rings. The van der Waals surface area contributed by atoms with Crippen molar-refractivity contribution >= 4 is 15.9 Å². The lowest BCUT2D eigenvalue weighted by atomic mass is 9.90. The Bertz CT molecular complexity index is 446. The Morgan fingerprint density at radius 1 is 1.30 bits per heavy atom. The summed E-state index contributed by atoms with van der Waals surface area (Å²) in [7, 11) is 0. The van der Waals surface area contributed by atoms with Crippen LogP contribution in [0.25, 0.3) is 0 Å². The molecular formula is C16H23BrFNO. The highest BCUT2D eigenvalue weighted by Crippen LogP contribution is 2.29. The fourth-order valence-corrected chi connectivity index (χ4v) is 3.36. The van der Waals surface area contributed by atoms with Gasteiger partial charge in [-0.3, -0.25) is 0 Å². The van der Waals surface area contributed by atoms with Crippen LogP contribution in [0.5, 0.6) is 0 Å². The molecule has 0 heterocycles. The van der Waals surface area contributed by atoms with Gasteiger partial charge in [-0.15, -0.1) is 0 Å². The maximum atomic E-state index is 14.1. The smallest absolute Gasteiger partial charge is 0.128 e. The molecule has 1 aromatic carbocycles. The standard InChI is InChI=1S/C16H23BrFNO/c1-16(11-20,14-10-12(17)8-9-15(14)18)19-13-6-4-2-3-5-7-13/h8-10,13,19-20H,2-7,11H2,1H3. The van der Waals surface area contributed by atoms with Gasteiger partial charge < -0.3 is 10.4 Å². The number of hydrogen-bond acceptors (Lipinski definition) is 2. The average Bonchev–Trinajstić information content (AvgIpc) is 2.70. The van der Waals surface area contributed by atoms with Gasteiger partial charge in [0.1, 0.15) is 5.82 Å². The van der Waals surface area contributed by atoms with Crippen LogP contribution in [0.4, 0.5) is 4.39 Å². The molecule has 0 aromatic heterocycles. The highest BCUT2D eigenvalue weighted by molar-refractivity contribution is 9.10. The summed E-state index contributed by atoms with van der Waals surface area (Å²) in [4.78, 5) is 0. The lowest BCUT2D eigenvalue weighted by molar-refractivity contribution is 0.153. The summed E-state index contributed by atoms with van der Waals surface area (Å²) in [5.41, 5.74) is -0.207. The fraction of sp³-hybridized carbons (Fsp3) is 0.625. The molecule has 0 aliphatic heterocycles. The van der Waals surface area contributed by atoms with E-state index in [1.54, 1.807) is 12.1 Å². The molecule has 1 fully saturated rings. The van der Waals surface area contributed by atoms with Crippen molar-refractivity contribution in [1.82, 2.24) is 5.32 Å². The lowest BCUT2D eigenvalue weighted by Gasteiger charge is -2.34. The summed E-state index contributed by atoms with van der Waals surface area (Å²) in [5.74, 6) is -0.272. The largest absolute Gasteiger partial charge is 0.394 e. The summed E-state index contributed by atoms with van der Waals surface area (Å²) >= 11 is 3.38. The molecule has 4 heteroatoms. The van der Waals surface area contributed by atoms with E-state index in [0.29, 0.717) is 11.6 Å². The zero-order valence-electron chi connectivity index (χ0n) is 12.0. The molecule has 20 heavy (non-hydrogen) atoms. The van der Waals surface area contributed by atoms with Crippen molar-refractivity contribution in [3.05, 3.63) is 34.1 Å². The molecule has 1 unspecified atom stereocenters. The van der Waals surface area contributed by atoms with Gasteiger partial charge in [-0.25, -0.2) is 4.39 Å². The van der Waals surface area contributed by atoms with Crippen molar-refractivity contribution in [2.45, 2.75) is 57.0 Å². The van der Waals surface area contributed by atoms with Crippen LogP contribution in [0.1, 0.15) is 51.0 Å². The topological polar surface area (TPSA) is 32.3 Å². The van der Waals surface area contributed by atoms with Crippen LogP contribution in [0.2, 0.25) is 0 Å². The molecular weight excluding hydrogens is 321 g/mol. The second-order valence-corrected chi connectivity index (χ2v) is 6.86. The van der Waals surface area contributed by atoms with E-state index in [4.69, 9.17) is 0 Å². The highest BCUT2D eigenvalue weighted by atomic mass is 79.9. The lowest BCUT2D eigenvalue weighted by Crippen LogP contribution is -2.48. The summed E-state index contributed by atoms with van der Waals surface area (Å²) in [6.45, 7) is 1.76. The van der Waals surface area contributed by atoms with Gasteiger partial charge in [0.25, 0.3) is 0 Å². The minimum Gasteiger partial charge on any atom is -0.394 e. The van der Waals surface area contributed by atoms with E-state index in [0.717, 1.165) is 17.3 Å². The summed E-state index contributed by atoms with van der Waals surface area (Å²) in [6, 6.07) is 5.24. The number of rotatable bonds is 4. The maximum Gasteiger partial charge on any atom is 0.128 e. The molecule has 1 aliphatic carbocycles. The molecule has 2 nitrogen and oxygen atoms in total. The highest BCUT2D eigenvalue weighted by Gasteiger charge is 2.31. The van der Waals surface area contributed by atoms with Crippen LogP contribution < -0.4 is 5.32 Å². The normalized spacial score (nSPS) is 20.4. The van der Waals surface area contributed by atoms with E-state index < -0.39 is 5.54 Å². The zero-order valence-corrected chi connectivity index (χ0v) is 13.5. The van der Waals surface area contributed by atoms with Crippen molar-refractivity contribution in [2.75, 3.05) is 6.61 Å². The SMILES string of the molecule is CC(CO)(NC1CCCCCC1)c1cc(Br)ccc1F. The monoisotopic (exact) mass is 343 g/mol. The van der Waals surface area contributed by atoms with Gasteiger partial charge in [0.15, 0.2) is 0 Å². The van der Waals surface area contributed by atoms with E-state index in [9.17, 15) is 9.50 Å². The Labute approximate surface area is 128 Å². The van der Waals surface area contributed by atoms with Gasteiger partial charge in [-0.05, 0) is 38.0 Å². The van der Waals surface area contributed by atoms with E-state index in [1.807, 2.05) is 6.92 Å². The van der Waals surface area contributed by atoms with Crippen molar-refractivity contribution in [2.24, 2.45) is 0 Å². The molecule has 1 saturated carbocycles. The summed E-state index contributed by atoms with van der Waals surface area (Å²) in [5, 5.41) is 13.3. The van der Waals surface area contributed by atoms with Crippen LogP contribution >= 0.6 is 15.9 Å². The minimum absolute atomic E-state index is 0.114. The summed E-state index contributed by atoms with van der Waals surface area (Å²) < 4.78 is 14.9. The molecule has 1 atom stereocenters. The van der Waals surface area contributed by atoms with Crippen molar-refractivity contribution < 1.29 is 9.50 Å². The molecule has 112 valence electrons. The predicted molar refractivity (Wildman–Crippen MR) is 83.2 cm³/mol. The third-order valence-electron chi connectivity index (χ3n) is 4.22. The molecule has 0 spiro atoms. The van der Waals surface area contributed by atoms with Crippen LogP contribution in [0, 0.1) is 5.82 Å². The molecule has 1 aromatic rings. The molecule has 0 radical (unpaired) electrons. The minimum atomic E-state index is -0.733. The summed E-state index contributed by atoms with van der Waals surface area (Å²) in [6.07, 6.45) is 7.18. The van der Waals surface area contributed by atoms with Gasteiger partial charge in [0.05, 0.1) is 12.1 Å². The Balaban J connectivity index is 2.21.